The second-order valence-electron chi connectivity index (χ2n) is 27.8. The number of fused-ring (bicyclic) bond motifs is 30. The van der Waals surface area contributed by atoms with Gasteiger partial charge < -0.3 is 14.2 Å². The lowest BCUT2D eigenvalue weighted by Gasteiger charge is -2.31. The van der Waals surface area contributed by atoms with E-state index in [1.807, 2.05) is 57.7 Å². The molecule has 0 bridgehead atoms. The molecule has 24 rings (SSSR count). The Kier molecular flexibility index (Phi) is 12.9. The Morgan fingerprint density at radius 2 is 0.657 bits per heavy atom. The van der Waals surface area contributed by atoms with Crippen LogP contribution in [-0.2, 0) is 10.8 Å². The van der Waals surface area contributed by atoms with Crippen molar-refractivity contribution in [3.05, 3.63) is 401 Å². The molecular weight excluding hydrogens is 1350 g/mol. The average molecular weight is 1410 g/mol. The van der Waals surface area contributed by atoms with Crippen LogP contribution in [0.1, 0.15) is 45.9 Å². The van der Waals surface area contributed by atoms with E-state index in [1.165, 1.54) is 105 Å². The number of aromatic nitrogens is 4. The zero-order valence-corrected chi connectivity index (χ0v) is 58.0. The van der Waals surface area contributed by atoms with Gasteiger partial charge in [0.15, 0.2) is 5.82 Å². The maximum absolute atomic E-state index is 6.26. The molecule has 0 aliphatic heterocycles. The molecule has 0 saturated carbocycles. The van der Waals surface area contributed by atoms with Crippen LogP contribution in [-0.4, -0.2) is 19.2 Å². The topological polar surface area (TPSA) is 76.2 Å². The second kappa shape index (κ2) is 22.8. The van der Waals surface area contributed by atoms with Gasteiger partial charge in [0.1, 0.15) is 26.9 Å². The molecule has 8 nitrogen and oxygen atoms in total. The molecule has 4 aliphatic rings. The molecule has 494 valence electrons. The molecule has 0 fully saturated rings. The van der Waals surface area contributed by atoms with Gasteiger partial charge in [-0.2, -0.15) is 5.10 Å². The first kappa shape index (κ1) is 59.4. The SMILES string of the molecule is Brc1cc2cc3ccccc3cn2n1.[HH].c1ccc2c(c1)-c1ccccc1C21c2ccccc2-c2cc(N(c3ccc4oc5ccccc5c4c3)c3cc4cc5ccccc5cn4n3)ccc21.c1ccc2c(c1)-c1ccccc1C21c2ccccc2-c2cc(Nc3ccc4oc5ccccc5c4c3)ccc21. The summed E-state index contributed by atoms with van der Waals surface area (Å²) in [6, 6.07) is 122. The van der Waals surface area contributed by atoms with Gasteiger partial charge in [0.25, 0.3) is 0 Å². The number of nitrogens with zero attached hydrogens (tertiary/aromatic N) is 5. The van der Waals surface area contributed by atoms with Gasteiger partial charge in [-0.25, -0.2) is 9.03 Å². The Labute approximate surface area is 613 Å². The predicted octanol–water partition coefficient (Wildman–Crippen LogP) is 25.4. The number of hydrogen-bond donors (Lipinski definition) is 1. The van der Waals surface area contributed by atoms with Crippen molar-refractivity contribution >= 4 is 121 Å². The molecule has 4 aliphatic carbocycles. The number of nitrogens with one attached hydrogen (secondary N) is 1. The summed E-state index contributed by atoms with van der Waals surface area (Å²) < 4.78 is 17.1. The lowest BCUT2D eigenvalue weighted by Crippen LogP contribution is -2.25. The molecule has 0 amide bonds. The summed E-state index contributed by atoms with van der Waals surface area (Å²) in [5.74, 6) is 0.847. The Balaban J connectivity index is 0.000000117. The summed E-state index contributed by atoms with van der Waals surface area (Å²) in [5.41, 5.74) is 30.4. The van der Waals surface area contributed by atoms with Crippen LogP contribution in [0.2, 0.25) is 0 Å². The van der Waals surface area contributed by atoms with Crippen molar-refractivity contribution in [3.8, 4) is 44.5 Å². The number of anilines is 5. The summed E-state index contributed by atoms with van der Waals surface area (Å²) in [6.07, 6.45) is 4.16. The summed E-state index contributed by atoms with van der Waals surface area (Å²) in [7, 11) is 0. The zero-order chi connectivity index (χ0) is 69.1. The molecule has 2 spiro atoms. The molecule has 14 aromatic carbocycles. The van der Waals surface area contributed by atoms with Gasteiger partial charge in [-0.05, 0) is 207 Å². The molecule has 20 aromatic rings. The highest BCUT2D eigenvalue weighted by Crippen LogP contribution is 2.65. The average Bonchev–Trinajstić information content (AvgIpc) is 1.52. The number of rotatable bonds is 5. The zero-order valence-electron chi connectivity index (χ0n) is 56.4. The minimum atomic E-state index is -0.389. The molecular formula is C96H61BrN6O2. The van der Waals surface area contributed by atoms with E-state index in [0.29, 0.717) is 0 Å². The van der Waals surface area contributed by atoms with Gasteiger partial charge >= 0.3 is 0 Å². The van der Waals surface area contributed by atoms with Crippen LogP contribution in [0.3, 0.4) is 0 Å². The highest BCUT2D eigenvalue weighted by Gasteiger charge is 2.53. The predicted molar refractivity (Wildman–Crippen MR) is 433 cm³/mol. The van der Waals surface area contributed by atoms with Crippen molar-refractivity contribution in [3.63, 3.8) is 0 Å². The smallest absolute Gasteiger partial charge is 0.160 e. The second-order valence-corrected chi connectivity index (χ2v) is 28.6. The lowest BCUT2D eigenvalue weighted by atomic mass is 9.70. The van der Waals surface area contributed by atoms with Crippen molar-refractivity contribution in [1.82, 2.24) is 19.2 Å². The molecule has 6 heterocycles. The van der Waals surface area contributed by atoms with Crippen molar-refractivity contribution < 1.29 is 10.3 Å². The van der Waals surface area contributed by atoms with Crippen LogP contribution in [0.25, 0.3) is 121 Å². The molecule has 0 saturated heterocycles. The first-order valence-electron chi connectivity index (χ1n) is 35.6. The normalized spacial score (nSPS) is 13.3. The van der Waals surface area contributed by atoms with Crippen LogP contribution in [0.4, 0.5) is 28.6 Å². The minimum absolute atomic E-state index is 0. The van der Waals surface area contributed by atoms with Crippen molar-refractivity contribution in [2.45, 2.75) is 10.8 Å². The molecule has 0 radical (unpaired) electrons. The van der Waals surface area contributed by atoms with E-state index in [9.17, 15) is 0 Å². The molecule has 0 atom stereocenters. The standard InChI is InChI=1S/C48H29N3O.C37H23NO.C11H7BrN2.H2/c1-2-12-31-29-50-34(25-30(31)11-1)28-47(49-50)51(33-22-24-46-40(27-33)38-16-6-10-20-45(38)52-46)32-21-23-44-39(26-32)37-15-5-9-19-43(37)48(44)41-17-7-3-13-35(41)36-14-4-8-18-42(36)48;1-5-13-31-25(9-1)26-10-2-6-14-32(26)37(31)33-15-7-3-11-27(33)29-21-23(17-19-34(29)37)38-24-18-20-36-30(22-24)28-12-4-8-16-35(28)39-36;12-11-6-10-5-8-3-1-2-4-9(8)7-14(10)13-11;/h1-29H;1-22,38H;1-7H;1H. The summed E-state index contributed by atoms with van der Waals surface area (Å²) in [6.45, 7) is 0. The third-order valence-electron chi connectivity index (χ3n) is 22.4. The number of hydrogen-bond acceptors (Lipinski definition) is 6. The number of halogens is 1. The molecule has 105 heavy (non-hydrogen) atoms. The number of para-hydroxylation sites is 2. The summed E-state index contributed by atoms with van der Waals surface area (Å²) in [4.78, 5) is 2.29. The van der Waals surface area contributed by atoms with Crippen LogP contribution in [0.5, 0.6) is 0 Å². The molecule has 6 aromatic heterocycles. The fraction of sp³-hybridized carbons (Fsp3) is 0.0208. The van der Waals surface area contributed by atoms with E-state index in [0.717, 1.165) is 93.5 Å². The van der Waals surface area contributed by atoms with E-state index >= 15 is 0 Å². The van der Waals surface area contributed by atoms with Crippen molar-refractivity contribution in [2.75, 3.05) is 10.2 Å². The van der Waals surface area contributed by atoms with Crippen LogP contribution >= 0.6 is 15.9 Å². The maximum atomic E-state index is 6.26. The van der Waals surface area contributed by atoms with Gasteiger partial charge in [-0.1, -0.05) is 243 Å². The highest BCUT2D eigenvalue weighted by atomic mass is 79.9. The number of furan rings is 2. The van der Waals surface area contributed by atoms with E-state index < -0.39 is 0 Å². The van der Waals surface area contributed by atoms with Crippen molar-refractivity contribution in [1.29, 1.82) is 0 Å². The van der Waals surface area contributed by atoms with E-state index in [2.05, 4.69) is 335 Å². The quantitative estimate of drug-likeness (QED) is 0.185. The Morgan fingerprint density at radius 3 is 1.19 bits per heavy atom. The molecule has 1 N–H and O–H groups in total. The highest BCUT2D eigenvalue weighted by molar-refractivity contribution is 9.10. The number of benzene rings is 14. The van der Waals surface area contributed by atoms with E-state index in [1.54, 1.807) is 0 Å². The maximum Gasteiger partial charge on any atom is 0.160 e. The third kappa shape index (κ3) is 8.79. The number of pyridine rings is 2. The van der Waals surface area contributed by atoms with Gasteiger partial charge in [0.2, 0.25) is 0 Å². The van der Waals surface area contributed by atoms with Gasteiger partial charge in [-0.3, -0.25) is 4.90 Å². The molecule has 9 heteroatoms. The lowest BCUT2D eigenvalue weighted by molar-refractivity contribution is 0.668. The van der Waals surface area contributed by atoms with Crippen LogP contribution < -0.4 is 10.2 Å². The summed E-state index contributed by atoms with van der Waals surface area (Å²) in [5, 5.41) is 22.5. The van der Waals surface area contributed by atoms with Gasteiger partial charge in [0, 0.05) is 75.0 Å². The fourth-order valence-electron chi connectivity index (χ4n) is 18.0. The Bertz CT molecular complexity index is 6840. The Hall–Kier alpha value is -13.3. The molecule has 0 unspecified atom stereocenters. The van der Waals surface area contributed by atoms with Crippen LogP contribution in [0, 0.1) is 0 Å². The fourth-order valence-corrected chi connectivity index (χ4v) is 18.5. The third-order valence-corrected chi connectivity index (χ3v) is 22.7. The minimum Gasteiger partial charge on any atom is -0.456 e. The van der Waals surface area contributed by atoms with Gasteiger partial charge in [-0.15, -0.1) is 5.10 Å². The first-order valence-corrected chi connectivity index (χ1v) is 36.4. The monoisotopic (exact) mass is 1410 g/mol. The Morgan fingerprint density at radius 1 is 0.295 bits per heavy atom. The van der Waals surface area contributed by atoms with Crippen LogP contribution in [0.15, 0.2) is 366 Å². The van der Waals surface area contributed by atoms with Crippen molar-refractivity contribution in [2.24, 2.45) is 0 Å². The van der Waals surface area contributed by atoms with E-state index in [-0.39, 0.29) is 12.3 Å². The van der Waals surface area contributed by atoms with Gasteiger partial charge in [0.05, 0.1) is 21.9 Å². The summed E-state index contributed by atoms with van der Waals surface area (Å²) >= 11 is 3.37. The first-order chi connectivity index (χ1) is 51.9. The largest absolute Gasteiger partial charge is 0.456 e. The van der Waals surface area contributed by atoms with E-state index in [4.69, 9.17) is 13.9 Å².